The lowest BCUT2D eigenvalue weighted by Gasteiger charge is -2.11. The molecule has 22 heavy (non-hydrogen) atoms. The van der Waals surface area contributed by atoms with E-state index in [1.165, 1.54) is 0 Å². The van der Waals surface area contributed by atoms with Crippen LogP contribution in [0.25, 0.3) is 0 Å². The Morgan fingerprint density at radius 3 is 2.86 bits per heavy atom. The van der Waals surface area contributed by atoms with Crippen molar-refractivity contribution in [3.8, 4) is 0 Å². The van der Waals surface area contributed by atoms with Crippen LogP contribution in [0.15, 0.2) is 65.5 Å². The van der Waals surface area contributed by atoms with Crippen molar-refractivity contribution in [3.63, 3.8) is 0 Å². The van der Waals surface area contributed by atoms with Gasteiger partial charge < -0.3 is 15.1 Å². The summed E-state index contributed by atoms with van der Waals surface area (Å²) in [7, 11) is 0. The summed E-state index contributed by atoms with van der Waals surface area (Å²) in [5.41, 5.74) is 1.74. The van der Waals surface area contributed by atoms with E-state index in [-0.39, 0.29) is 6.03 Å². The molecular weight excluding hydrogens is 280 g/mol. The number of nitrogens with zero attached hydrogens (tertiary/aromatic N) is 2. The van der Waals surface area contributed by atoms with Crippen LogP contribution in [0.1, 0.15) is 11.3 Å². The second-order valence-electron chi connectivity index (χ2n) is 4.75. The molecule has 3 aromatic rings. The zero-order chi connectivity index (χ0) is 15.2. The number of furan rings is 1. The second-order valence-corrected chi connectivity index (χ2v) is 4.75. The van der Waals surface area contributed by atoms with Crippen LogP contribution in [0.3, 0.4) is 0 Å². The highest BCUT2D eigenvalue weighted by molar-refractivity contribution is 5.90. The Kier molecular flexibility index (Phi) is 4.20. The van der Waals surface area contributed by atoms with Crippen LogP contribution in [-0.4, -0.2) is 15.8 Å². The Hall–Kier alpha value is -3.02. The molecule has 2 heterocycles. The molecule has 2 N–H and O–H groups in total. The van der Waals surface area contributed by atoms with E-state index in [0.29, 0.717) is 18.8 Å². The monoisotopic (exact) mass is 296 g/mol. The van der Waals surface area contributed by atoms with Gasteiger partial charge in [-0.05, 0) is 29.8 Å². The van der Waals surface area contributed by atoms with Crippen molar-refractivity contribution in [1.82, 2.24) is 15.1 Å². The number of aromatic nitrogens is 2. The van der Waals surface area contributed by atoms with Crippen molar-refractivity contribution in [2.45, 2.75) is 13.1 Å². The van der Waals surface area contributed by atoms with Gasteiger partial charge in [0.05, 0.1) is 19.4 Å². The van der Waals surface area contributed by atoms with Gasteiger partial charge in [-0.3, -0.25) is 4.68 Å². The summed E-state index contributed by atoms with van der Waals surface area (Å²) in [6.45, 7) is 0.946. The molecule has 0 fully saturated rings. The highest BCUT2D eigenvalue weighted by atomic mass is 16.3. The van der Waals surface area contributed by atoms with Gasteiger partial charge in [0.25, 0.3) is 0 Å². The fraction of sp³-hybridized carbons (Fsp3) is 0.125. The van der Waals surface area contributed by atoms with E-state index >= 15 is 0 Å². The number of benzene rings is 1. The standard InChI is InChI=1S/C16H16N4O2/c21-16(17-11-14-6-3-10-22-14)19-15-7-2-1-5-13(15)12-20-9-4-8-18-20/h1-10H,11-12H2,(H2,17,19,21). The minimum Gasteiger partial charge on any atom is -0.467 e. The highest BCUT2D eigenvalue weighted by Crippen LogP contribution is 2.16. The maximum atomic E-state index is 12.0. The summed E-state index contributed by atoms with van der Waals surface area (Å²) >= 11 is 0. The Bertz CT molecular complexity index is 720. The maximum Gasteiger partial charge on any atom is 0.319 e. The zero-order valence-electron chi connectivity index (χ0n) is 11.9. The van der Waals surface area contributed by atoms with Gasteiger partial charge >= 0.3 is 6.03 Å². The number of hydrogen-bond acceptors (Lipinski definition) is 3. The van der Waals surface area contributed by atoms with E-state index in [1.807, 2.05) is 42.6 Å². The lowest BCUT2D eigenvalue weighted by atomic mass is 10.2. The van der Waals surface area contributed by atoms with Gasteiger partial charge in [-0.1, -0.05) is 18.2 Å². The van der Waals surface area contributed by atoms with Crippen LogP contribution in [0.5, 0.6) is 0 Å². The quantitative estimate of drug-likeness (QED) is 0.760. The number of amides is 2. The molecule has 0 spiro atoms. The number of rotatable bonds is 5. The zero-order valence-corrected chi connectivity index (χ0v) is 11.9. The van der Waals surface area contributed by atoms with E-state index in [9.17, 15) is 4.79 Å². The highest BCUT2D eigenvalue weighted by Gasteiger charge is 2.07. The van der Waals surface area contributed by atoms with Crippen molar-refractivity contribution in [1.29, 1.82) is 0 Å². The lowest BCUT2D eigenvalue weighted by Crippen LogP contribution is -2.28. The van der Waals surface area contributed by atoms with Crippen molar-refractivity contribution < 1.29 is 9.21 Å². The minimum absolute atomic E-state index is 0.274. The van der Waals surface area contributed by atoms with Gasteiger partial charge in [-0.25, -0.2) is 4.79 Å². The Morgan fingerprint density at radius 1 is 1.18 bits per heavy atom. The van der Waals surface area contributed by atoms with Gasteiger partial charge in [0, 0.05) is 18.1 Å². The number of hydrogen-bond donors (Lipinski definition) is 2. The smallest absolute Gasteiger partial charge is 0.319 e. The van der Waals surface area contributed by atoms with Gasteiger partial charge in [0.2, 0.25) is 0 Å². The lowest BCUT2D eigenvalue weighted by molar-refractivity contribution is 0.251. The molecule has 0 aliphatic rings. The number of urea groups is 1. The van der Waals surface area contributed by atoms with Crippen LogP contribution >= 0.6 is 0 Å². The molecule has 2 amide bonds. The number of para-hydroxylation sites is 1. The SMILES string of the molecule is O=C(NCc1ccco1)Nc1ccccc1Cn1cccn1. The van der Waals surface area contributed by atoms with E-state index < -0.39 is 0 Å². The third-order valence-electron chi connectivity index (χ3n) is 3.16. The molecule has 112 valence electrons. The number of anilines is 1. The molecule has 0 unspecified atom stereocenters. The molecule has 0 aliphatic heterocycles. The van der Waals surface area contributed by atoms with Crippen LogP contribution in [0.2, 0.25) is 0 Å². The van der Waals surface area contributed by atoms with Crippen molar-refractivity contribution >= 4 is 11.7 Å². The third kappa shape index (κ3) is 3.54. The summed E-state index contributed by atoms with van der Waals surface area (Å²) in [5.74, 6) is 0.708. The van der Waals surface area contributed by atoms with Gasteiger partial charge in [-0.2, -0.15) is 5.10 Å². The van der Waals surface area contributed by atoms with E-state index in [0.717, 1.165) is 11.3 Å². The number of carbonyl (C=O) groups is 1. The Morgan fingerprint density at radius 2 is 2.09 bits per heavy atom. The molecule has 0 radical (unpaired) electrons. The Balaban J connectivity index is 1.63. The molecule has 2 aromatic heterocycles. The largest absolute Gasteiger partial charge is 0.467 e. The molecule has 0 bridgehead atoms. The molecular formula is C16H16N4O2. The minimum atomic E-state index is -0.274. The fourth-order valence-corrected chi connectivity index (χ4v) is 2.10. The van der Waals surface area contributed by atoms with Crippen molar-refractivity contribution in [2.75, 3.05) is 5.32 Å². The molecule has 1 aromatic carbocycles. The fourth-order valence-electron chi connectivity index (χ4n) is 2.10. The van der Waals surface area contributed by atoms with Crippen molar-refractivity contribution in [2.24, 2.45) is 0 Å². The van der Waals surface area contributed by atoms with Gasteiger partial charge in [-0.15, -0.1) is 0 Å². The molecule has 3 rings (SSSR count). The molecule has 0 saturated heterocycles. The molecule has 6 heteroatoms. The van der Waals surface area contributed by atoms with Crippen LogP contribution in [-0.2, 0) is 13.1 Å². The molecule has 0 saturated carbocycles. The first-order chi connectivity index (χ1) is 10.8. The second kappa shape index (κ2) is 6.62. The summed E-state index contributed by atoms with van der Waals surface area (Å²) in [4.78, 5) is 12.0. The first kappa shape index (κ1) is 13.9. The van der Waals surface area contributed by atoms with Crippen LogP contribution in [0.4, 0.5) is 10.5 Å². The van der Waals surface area contributed by atoms with Gasteiger partial charge in [0.1, 0.15) is 5.76 Å². The molecule has 6 nitrogen and oxygen atoms in total. The summed E-state index contributed by atoms with van der Waals surface area (Å²) in [6.07, 6.45) is 5.19. The topological polar surface area (TPSA) is 72.1 Å². The molecule has 0 aliphatic carbocycles. The summed E-state index contributed by atoms with van der Waals surface area (Å²) in [5, 5.41) is 9.78. The predicted octanol–water partition coefficient (Wildman–Crippen LogP) is 2.85. The normalized spacial score (nSPS) is 10.4. The van der Waals surface area contributed by atoms with Crippen LogP contribution < -0.4 is 10.6 Å². The predicted molar refractivity (Wildman–Crippen MR) is 82.3 cm³/mol. The summed E-state index contributed by atoms with van der Waals surface area (Å²) in [6, 6.07) is 12.8. The van der Waals surface area contributed by atoms with E-state index in [2.05, 4.69) is 15.7 Å². The van der Waals surface area contributed by atoms with E-state index in [1.54, 1.807) is 23.2 Å². The van der Waals surface area contributed by atoms with Crippen LogP contribution in [0, 0.1) is 0 Å². The third-order valence-corrected chi connectivity index (χ3v) is 3.16. The van der Waals surface area contributed by atoms with Gasteiger partial charge in [0.15, 0.2) is 0 Å². The Labute approximate surface area is 127 Å². The van der Waals surface area contributed by atoms with E-state index in [4.69, 9.17) is 4.42 Å². The first-order valence-electron chi connectivity index (χ1n) is 6.94. The molecule has 0 atom stereocenters. The first-order valence-corrected chi connectivity index (χ1v) is 6.94. The number of carbonyl (C=O) groups excluding carboxylic acids is 1. The summed E-state index contributed by atoms with van der Waals surface area (Å²) < 4.78 is 6.98. The van der Waals surface area contributed by atoms with Crippen molar-refractivity contribution in [3.05, 3.63) is 72.4 Å². The average molecular weight is 296 g/mol. The maximum absolute atomic E-state index is 12.0. The average Bonchev–Trinajstić information content (AvgIpc) is 3.20. The number of nitrogens with one attached hydrogen (secondary N) is 2.